The molecular formula is C20H29N3O. The second kappa shape index (κ2) is 6.50. The van der Waals surface area contributed by atoms with Crippen LogP contribution in [0.15, 0.2) is 24.3 Å². The van der Waals surface area contributed by atoms with Crippen LogP contribution in [0, 0.1) is 18.3 Å². The topological polar surface area (TPSA) is 56.9 Å². The number of aryl methyl sites for hydroxylation is 1. The molecule has 1 aromatic carbocycles. The third-order valence-electron chi connectivity index (χ3n) is 5.58. The largest absolute Gasteiger partial charge is 0.358 e. The molecule has 2 amide bonds. The number of carbonyl (C=O) groups excluding carboxylic acids is 1. The van der Waals surface area contributed by atoms with Gasteiger partial charge in [-0.05, 0) is 48.6 Å². The van der Waals surface area contributed by atoms with E-state index in [0.717, 1.165) is 25.9 Å². The van der Waals surface area contributed by atoms with E-state index in [2.05, 4.69) is 67.6 Å². The molecule has 1 heterocycles. The zero-order chi connectivity index (χ0) is 17.3. The van der Waals surface area contributed by atoms with Gasteiger partial charge >= 0.3 is 6.03 Å². The number of amides is 2. The maximum Gasteiger partial charge on any atom is 0.314 e. The molecule has 0 bridgehead atoms. The zero-order valence-corrected chi connectivity index (χ0v) is 15.2. The van der Waals surface area contributed by atoms with E-state index < -0.39 is 0 Å². The Kier molecular flexibility index (Phi) is 4.57. The number of fused-ring (bicyclic) bond motifs is 1. The number of nitrogens with one attached hydrogen (secondary N) is 3. The summed E-state index contributed by atoms with van der Waals surface area (Å²) in [5.74, 6) is 1.18. The summed E-state index contributed by atoms with van der Waals surface area (Å²) in [6.07, 6.45) is 1.99. The Balaban J connectivity index is 1.66. The van der Waals surface area contributed by atoms with Crippen LogP contribution in [-0.2, 0) is 0 Å². The third kappa shape index (κ3) is 3.02. The predicted molar refractivity (Wildman–Crippen MR) is 99.4 cm³/mol. The van der Waals surface area contributed by atoms with Gasteiger partial charge in [0.2, 0.25) is 0 Å². The molecule has 130 valence electrons. The van der Waals surface area contributed by atoms with E-state index in [9.17, 15) is 4.79 Å². The van der Waals surface area contributed by atoms with Gasteiger partial charge in [0.1, 0.15) is 0 Å². The van der Waals surface area contributed by atoms with Crippen LogP contribution in [0.3, 0.4) is 0 Å². The molecule has 2 aromatic rings. The van der Waals surface area contributed by atoms with Gasteiger partial charge in [-0.2, -0.15) is 0 Å². The molecule has 1 aliphatic rings. The second-order valence-electron chi connectivity index (χ2n) is 7.59. The van der Waals surface area contributed by atoms with Crippen molar-refractivity contribution in [1.82, 2.24) is 15.6 Å². The van der Waals surface area contributed by atoms with Crippen molar-refractivity contribution in [2.45, 2.75) is 46.5 Å². The third-order valence-corrected chi connectivity index (χ3v) is 5.58. The fraction of sp³-hybridized carbons (Fsp3) is 0.550. The average molecular weight is 327 g/mol. The van der Waals surface area contributed by atoms with E-state index in [1.165, 1.54) is 22.2 Å². The van der Waals surface area contributed by atoms with Crippen LogP contribution in [0.4, 0.5) is 4.79 Å². The summed E-state index contributed by atoms with van der Waals surface area (Å²) in [6.45, 7) is 10.4. The highest BCUT2D eigenvalue weighted by atomic mass is 16.2. The highest BCUT2D eigenvalue weighted by molar-refractivity contribution is 5.86. The Morgan fingerprint density at radius 2 is 1.92 bits per heavy atom. The minimum absolute atomic E-state index is 0.0462. The van der Waals surface area contributed by atoms with Gasteiger partial charge in [0.15, 0.2) is 0 Å². The number of benzene rings is 1. The van der Waals surface area contributed by atoms with Gasteiger partial charge in [0, 0.05) is 29.7 Å². The van der Waals surface area contributed by atoms with Gasteiger partial charge in [-0.1, -0.05) is 39.0 Å². The summed E-state index contributed by atoms with van der Waals surface area (Å²) in [5.41, 5.74) is 4.27. The van der Waals surface area contributed by atoms with Crippen molar-refractivity contribution >= 4 is 16.9 Å². The first-order chi connectivity index (χ1) is 11.5. The Bertz CT molecular complexity index is 732. The van der Waals surface area contributed by atoms with Gasteiger partial charge in [-0.15, -0.1) is 0 Å². The Labute approximate surface area is 144 Å². The van der Waals surface area contributed by atoms with Crippen LogP contribution in [-0.4, -0.2) is 24.1 Å². The lowest BCUT2D eigenvalue weighted by molar-refractivity contribution is 0.240. The fourth-order valence-electron chi connectivity index (χ4n) is 4.20. The molecule has 4 heteroatoms. The molecule has 3 N–H and O–H groups in total. The number of rotatable bonds is 6. The quantitative estimate of drug-likeness (QED) is 0.727. The number of hydrogen-bond donors (Lipinski definition) is 3. The summed E-state index contributed by atoms with van der Waals surface area (Å²) < 4.78 is 0. The molecule has 3 rings (SSSR count). The van der Waals surface area contributed by atoms with Gasteiger partial charge in [0.25, 0.3) is 0 Å². The van der Waals surface area contributed by atoms with E-state index in [4.69, 9.17) is 0 Å². The smallest absolute Gasteiger partial charge is 0.314 e. The van der Waals surface area contributed by atoms with E-state index in [1.807, 2.05) is 0 Å². The minimum Gasteiger partial charge on any atom is -0.358 e. The molecule has 1 aliphatic carbocycles. The molecule has 1 fully saturated rings. The number of para-hydroxylation sites is 1. The van der Waals surface area contributed by atoms with Crippen molar-refractivity contribution in [2.75, 3.05) is 13.1 Å². The number of aromatic amines is 1. The molecule has 1 aromatic heterocycles. The first-order valence-corrected chi connectivity index (χ1v) is 9.05. The van der Waals surface area contributed by atoms with Crippen LogP contribution in [0.5, 0.6) is 0 Å². The predicted octanol–water partition coefficient (Wildman–Crippen LogP) is 4.32. The fourth-order valence-corrected chi connectivity index (χ4v) is 4.20. The van der Waals surface area contributed by atoms with Gasteiger partial charge in [0.05, 0.1) is 0 Å². The maximum atomic E-state index is 11.7. The first-order valence-electron chi connectivity index (χ1n) is 9.05. The normalized spacial score (nSPS) is 21.7. The van der Waals surface area contributed by atoms with Crippen molar-refractivity contribution in [2.24, 2.45) is 11.3 Å². The highest BCUT2D eigenvalue weighted by Gasteiger charge is 2.58. The van der Waals surface area contributed by atoms with Gasteiger partial charge in [-0.3, -0.25) is 0 Å². The van der Waals surface area contributed by atoms with E-state index in [-0.39, 0.29) is 11.4 Å². The minimum atomic E-state index is -0.0462. The Hall–Kier alpha value is -1.97. The SMILES string of the molecule is CCCNC(=O)NCC[C@@H]1[C@@H](c2c(C)[nH]c3ccccc23)C1(C)C. The van der Waals surface area contributed by atoms with Crippen molar-refractivity contribution in [1.29, 1.82) is 0 Å². The summed E-state index contributed by atoms with van der Waals surface area (Å²) in [5, 5.41) is 7.20. The van der Waals surface area contributed by atoms with Crippen molar-refractivity contribution in [3.05, 3.63) is 35.5 Å². The number of H-pyrrole nitrogens is 1. The van der Waals surface area contributed by atoms with Crippen molar-refractivity contribution in [3.8, 4) is 0 Å². The lowest BCUT2D eigenvalue weighted by Gasteiger charge is -2.07. The monoisotopic (exact) mass is 327 g/mol. The number of urea groups is 1. The zero-order valence-electron chi connectivity index (χ0n) is 15.2. The highest BCUT2D eigenvalue weighted by Crippen LogP contribution is 2.67. The maximum absolute atomic E-state index is 11.7. The van der Waals surface area contributed by atoms with Crippen LogP contribution in [0.25, 0.3) is 10.9 Å². The molecule has 4 nitrogen and oxygen atoms in total. The van der Waals surface area contributed by atoms with E-state index in [0.29, 0.717) is 11.8 Å². The Morgan fingerprint density at radius 3 is 2.67 bits per heavy atom. The Morgan fingerprint density at radius 1 is 1.21 bits per heavy atom. The standard InChI is InChI=1S/C20H29N3O/c1-5-11-21-19(24)22-12-10-15-18(20(15,3)4)17-13(2)23-16-9-7-6-8-14(16)17/h6-9,15,18,23H,5,10-12H2,1-4H3,(H2,21,22,24)/t15-,18+/m1/s1. The second-order valence-corrected chi connectivity index (χ2v) is 7.59. The van der Waals surface area contributed by atoms with Crippen LogP contribution >= 0.6 is 0 Å². The lowest BCUT2D eigenvalue weighted by atomic mass is 10.0. The molecule has 2 atom stereocenters. The van der Waals surface area contributed by atoms with E-state index in [1.54, 1.807) is 0 Å². The summed E-state index contributed by atoms with van der Waals surface area (Å²) in [4.78, 5) is 15.2. The molecule has 1 saturated carbocycles. The van der Waals surface area contributed by atoms with Crippen molar-refractivity contribution in [3.63, 3.8) is 0 Å². The van der Waals surface area contributed by atoms with E-state index >= 15 is 0 Å². The molecule has 24 heavy (non-hydrogen) atoms. The summed E-state index contributed by atoms with van der Waals surface area (Å²) in [6, 6.07) is 8.51. The molecule has 0 unspecified atom stereocenters. The molecule has 0 spiro atoms. The molecule has 0 radical (unpaired) electrons. The molecule has 0 saturated heterocycles. The molecule has 0 aliphatic heterocycles. The average Bonchev–Trinajstić information content (AvgIpc) is 2.91. The summed E-state index contributed by atoms with van der Waals surface area (Å²) >= 11 is 0. The number of hydrogen-bond acceptors (Lipinski definition) is 1. The van der Waals surface area contributed by atoms with Crippen LogP contribution in [0.1, 0.15) is 50.8 Å². The van der Waals surface area contributed by atoms with Crippen molar-refractivity contribution < 1.29 is 4.79 Å². The summed E-state index contributed by atoms with van der Waals surface area (Å²) in [7, 11) is 0. The van der Waals surface area contributed by atoms with Crippen LogP contribution < -0.4 is 10.6 Å². The first kappa shape index (κ1) is 16.9. The van der Waals surface area contributed by atoms with Gasteiger partial charge in [-0.25, -0.2) is 4.79 Å². The molecular weight excluding hydrogens is 298 g/mol. The van der Waals surface area contributed by atoms with Gasteiger partial charge < -0.3 is 15.6 Å². The lowest BCUT2D eigenvalue weighted by Crippen LogP contribution is -2.36. The number of aromatic nitrogens is 1. The number of carbonyl (C=O) groups is 1. The van der Waals surface area contributed by atoms with Crippen LogP contribution in [0.2, 0.25) is 0 Å².